The summed E-state index contributed by atoms with van der Waals surface area (Å²) < 4.78 is 11.0. The molecular formula is C25H29N3O5. The molecule has 1 atom stereocenters. The maximum atomic E-state index is 13.3. The first kappa shape index (κ1) is 22.8. The number of ether oxygens (including phenoxy) is 2. The minimum Gasteiger partial charge on any atom is -0.482 e. The summed E-state index contributed by atoms with van der Waals surface area (Å²) in [7, 11) is 0. The number of benzene rings is 2. The predicted molar refractivity (Wildman–Crippen MR) is 123 cm³/mol. The highest BCUT2D eigenvalue weighted by Crippen LogP contribution is 2.31. The number of nitrogens with zero attached hydrogens (tertiary/aromatic N) is 2. The molecule has 2 aliphatic rings. The van der Waals surface area contributed by atoms with Crippen molar-refractivity contribution in [2.24, 2.45) is 0 Å². The number of fused-ring (bicyclic) bond motifs is 1. The summed E-state index contributed by atoms with van der Waals surface area (Å²) in [5.74, 6) is -0.244. The van der Waals surface area contributed by atoms with Crippen molar-refractivity contribution >= 4 is 23.4 Å². The number of nitrogens with one attached hydrogen (secondary N) is 1. The maximum Gasteiger partial charge on any atom is 0.265 e. The second kappa shape index (κ2) is 11.0. The van der Waals surface area contributed by atoms with E-state index >= 15 is 0 Å². The van der Waals surface area contributed by atoms with Crippen LogP contribution < -0.4 is 15.0 Å². The standard InChI is InChI=1S/C25H29N3O5/c29-23(26-15-20-9-6-14-32-20)16-27(13-12-19-7-2-1-3-8-19)24(30)17-28-21-10-4-5-11-22(21)33-18-25(28)31/h1-5,7-8,10-11,20H,6,9,12-18H2,(H,26,29). The predicted octanol–water partition coefficient (Wildman–Crippen LogP) is 1.78. The van der Waals surface area contributed by atoms with Crippen LogP contribution in [-0.2, 0) is 25.5 Å². The zero-order valence-corrected chi connectivity index (χ0v) is 18.6. The lowest BCUT2D eigenvalue weighted by Gasteiger charge is -2.31. The molecule has 0 aliphatic carbocycles. The summed E-state index contributed by atoms with van der Waals surface area (Å²) >= 11 is 0. The molecule has 1 saturated heterocycles. The zero-order valence-electron chi connectivity index (χ0n) is 18.6. The van der Waals surface area contributed by atoms with Crippen LogP contribution in [0.4, 0.5) is 5.69 Å². The van der Waals surface area contributed by atoms with Crippen LogP contribution in [0.3, 0.4) is 0 Å². The van der Waals surface area contributed by atoms with Gasteiger partial charge in [0.15, 0.2) is 6.61 Å². The molecule has 174 valence electrons. The summed E-state index contributed by atoms with van der Waals surface area (Å²) in [6, 6.07) is 16.9. The van der Waals surface area contributed by atoms with Gasteiger partial charge in [0.05, 0.1) is 18.3 Å². The van der Waals surface area contributed by atoms with E-state index in [1.807, 2.05) is 36.4 Å². The second-order valence-electron chi connectivity index (χ2n) is 8.23. The fourth-order valence-corrected chi connectivity index (χ4v) is 4.03. The molecule has 0 radical (unpaired) electrons. The monoisotopic (exact) mass is 451 g/mol. The lowest BCUT2D eigenvalue weighted by molar-refractivity contribution is -0.136. The molecule has 0 bridgehead atoms. The van der Waals surface area contributed by atoms with Crippen LogP contribution in [0.5, 0.6) is 5.75 Å². The largest absolute Gasteiger partial charge is 0.482 e. The van der Waals surface area contributed by atoms with Gasteiger partial charge in [0.2, 0.25) is 11.8 Å². The highest BCUT2D eigenvalue weighted by molar-refractivity contribution is 6.02. The van der Waals surface area contributed by atoms with Crippen LogP contribution in [0.1, 0.15) is 18.4 Å². The van der Waals surface area contributed by atoms with Crippen molar-refractivity contribution in [3.8, 4) is 5.75 Å². The smallest absolute Gasteiger partial charge is 0.265 e. The lowest BCUT2D eigenvalue weighted by Crippen LogP contribution is -2.49. The Morgan fingerprint density at radius 2 is 1.88 bits per heavy atom. The Morgan fingerprint density at radius 3 is 2.67 bits per heavy atom. The van der Waals surface area contributed by atoms with E-state index in [0.29, 0.717) is 30.9 Å². The van der Waals surface area contributed by atoms with Crippen LogP contribution in [0, 0.1) is 0 Å². The van der Waals surface area contributed by atoms with Gasteiger partial charge in [-0.25, -0.2) is 0 Å². The molecule has 0 saturated carbocycles. The molecule has 2 heterocycles. The summed E-state index contributed by atoms with van der Waals surface area (Å²) in [6.45, 7) is 1.20. The molecule has 1 unspecified atom stereocenters. The van der Waals surface area contributed by atoms with Crippen molar-refractivity contribution in [1.29, 1.82) is 0 Å². The molecule has 33 heavy (non-hydrogen) atoms. The van der Waals surface area contributed by atoms with E-state index in [-0.39, 0.29) is 43.5 Å². The molecule has 1 fully saturated rings. The molecule has 8 heteroatoms. The molecule has 2 aromatic carbocycles. The maximum absolute atomic E-state index is 13.3. The van der Waals surface area contributed by atoms with E-state index in [1.54, 1.807) is 18.2 Å². The first-order chi connectivity index (χ1) is 16.1. The SMILES string of the molecule is O=C(CN(CCc1ccccc1)C(=O)CN1C(=O)COc2ccccc21)NCC1CCCO1. The minimum atomic E-state index is -0.289. The Hall–Kier alpha value is -3.39. The topological polar surface area (TPSA) is 88.2 Å². The third-order valence-corrected chi connectivity index (χ3v) is 5.85. The molecule has 2 aromatic rings. The number of amides is 3. The van der Waals surface area contributed by atoms with Gasteiger partial charge in [-0.15, -0.1) is 0 Å². The van der Waals surface area contributed by atoms with Crippen molar-refractivity contribution in [3.63, 3.8) is 0 Å². The van der Waals surface area contributed by atoms with Gasteiger partial charge >= 0.3 is 0 Å². The quantitative estimate of drug-likeness (QED) is 0.628. The second-order valence-corrected chi connectivity index (χ2v) is 8.23. The molecule has 1 N–H and O–H groups in total. The van der Waals surface area contributed by atoms with E-state index in [9.17, 15) is 14.4 Å². The van der Waals surface area contributed by atoms with Gasteiger partial charge in [0.25, 0.3) is 5.91 Å². The van der Waals surface area contributed by atoms with Gasteiger partial charge in [-0.3, -0.25) is 19.3 Å². The van der Waals surface area contributed by atoms with Crippen LogP contribution >= 0.6 is 0 Å². The number of carbonyl (C=O) groups is 3. The molecule has 0 aromatic heterocycles. The summed E-state index contributed by atoms with van der Waals surface area (Å²) in [5.41, 5.74) is 1.64. The number of hydrogen-bond acceptors (Lipinski definition) is 5. The van der Waals surface area contributed by atoms with Gasteiger partial charge in [-0.05, 0) is 37.0 Å². The normalized spacial score (nSPS) is 17.3. The number of hydrogen-bond donors (Lipinski definition) is 1. The zero-order chi connectivity index (χ0) is 23.0. The Kier molecular flexibility index (Phi) is 7.57. The van der Waals surface area contributed by atoms with Crippen molar-refractivity contribution < 1.29 is 23.9 Å². The van der Waals surface area contributed by atoms with Crippen LogP contribution in [0.15, 0.2) is 54.6 Å². The number of rotatable bonds is 9. The Bertz CT molecular complexity index is 975. The molecule has 0 spiro atoms. The summed E-state index contributed by atoms with van der Waals surface area (Å²) in [6.07, 6.45) is 2.57. The Balaban J connectivity index is 1.42. The number of carbonyl (C=O) groups excluding carboxylic acids is 3. The van der Waals surface area contributed by atoms with Crippen molar-refractivity contribution in [2.75, 3.05) is 44.3 Å². The van der Waals surface area contributed by atoms with Crippen molar-refractivity contribution in [3.05, 3.63) is 60.2 Å². The fourth-order valence-electron chi connectivity index (χ4n) is 4.03. The molecule has 3 amide bonds. The average Bonchev–Trinajstić information content (AvgIpc) is 3.36. The van der Waals surface area contributed by atoms with Gasteiger partial charge < -0.3 is 19.7 Å². The first-order valence-electron chi connectivity index (χ1n) is 11.3. The third-order valence-electron chi connectivity index (χ3n) is 5.85. The summed E-state index contributed by atoms with van der Waals surface area (Å²) in [4.78, 5) is 41.3. The Labute approximate surface area is 193 Å². The highest BCUT2D eigenvalue weighted by atomic mass is 16.5. The van der Waals surface area contributed by atoms with Crippen LogP contribution in [0.25, 0.3) is 0 Å². The number of anilines is 1. The van der Waals surface area contributed by atoms with E-state index in [1.165, 1.54) is 9.80 Å². The average molecular weight is 452 g/mol. The lowest BCUT2D eigenvalue weighted by atomic mass is 10.1. The van der Waals surface area contributed by atoms with E-state index in [2.05, 4.69) is 5.32 Å². The van der Waals surface area contributed by atoms with Gasteiger partial charge in [0.1, 0.15) is 12.3 Å². The fraction of sp³-hybridized carbons (Fsp3) is 0.400. The van der Waals surface area contributed by atoms with Crippen LogP contribution in [-0.4, -0.2) is 68.1 Å². The minimum absolute atomic E-state index is 0.0323. The van der Waals surface area contributed by atoms with Gasteiger partial charge in [-0.1, -0.05) is 42.5 Å². The van der Waals surface area contributed by atoms with E-state index in [0.717, 1.165) is 25.0 Å². The molecule has 8 nitrogen and oxygen atoms in total. The molecule has 2 aliphatic heterocycles. The summed E-state index contributed by atoms with van der Waals surface area (Å²) in [5, 5.41) is 2.88. The van der Waals surface area contributed by atoms with Crippen molar-refractivity contribution in [1.82, 2.24) is 10.2 Å². The highest BCUT2D eigenvalue weighted by Gasteiger charge is 2.29. The Morgan fingerprint density at radius 1 is 1.09 bits per heavy atom. The first-order valence-corrected chi connectivity index (χ1v) is 11.3. The molecular weight excluding hydrogens is 422 g/mol. The van der Waals surface area contributed by atoms with Crippen LogP contribution in [0.2, 0.25) is 0 Å². The van der Waals surface area contributed by atoms with Gasteiger partial charge in [-0.2, -0.15) is 0 Å². The van der Waals surface area contributed by atoms with Crippen molar-refractivity contribution in [2.45, 2.75) is 25.4 Å². The molecule has 4 rings (SSSR count). The van der Waals surface area contributed by atoms with Gasteiger partial charge in [0, 0.05) is 19.7 Å². The third kappa shape index (κ3) is 6.10. The van der Waals surface area contributed by atoms with E-state index in [4.69, 9.17) is 9.47 Å². The van der Waals surface area contributed by atoms with E-state index < -0.39 is 0 Å². The number of para-hydroxylation sites is 2.